The second-order valence-electron chi connectivity index (χ2n) is 6.16. The number of para-hydroxylation sites is 1. The molecule has 0 atom stereocenters. The van der Waals surface area contributed by atoms with Crippen molar-refractivity contribution in [2.45, 2.75) is 13.8 Å². The summed E-state index contributed by atoms with van der Waals surface area (Å²) in [6.45, 7) is 4.01. The Hall–Kier alpha value is -3.34. The van der Waals surface area contributed by atoms with E-state index in [-0.39, 0.29) is 17.0 Å². The SMILES string of the molecule is Cc1ccc(-n2[nH]c(=O)c(/C=C3/C=Nc4ccccc43)c2O)cc1C. The summed E-state index contributed by atoms with van der Waals surface area (Å²) in [7, 11) is 0. The van der Waals surface area contributed by atoms with Crippen molar-refractivity contribution < 1.29 is 5.11 Å². The van der Waals surface area contributed by atoms with Crippen molar-refractivity contribution in [3.05, 3.63) is 75.1 Å². The summed E-state index contributed by atoms with van der Waals surface area (Å²) in [5.41, 5.74) is 5.43. The molecular formula is C20H17N3O2. The number of H-pyrrole nitrogens is 1. The van der Waals surface area contributed by atoms with Crippen molar-refractivity contribution in [1.29, 1.82) is 0 Å². The third-order valence-corrected chi connectivity index (χ3v) is 4.52. The Kier molecular flexibility index (Phi) is 3.42. The summed E-state index contributed by atoms with van der Waals surface area (Å²) in [5, 5.41) is 13.3. The van der Waals surface area contributed by atoms with E-state index in [2.05, 4.69) is 10.1 Å². The average molecular weight is 331 g/mol. The molecule has 0 spiro atoms. The maximum absolute atomic E-state index is 12.4. The highest BCUT2D eigenvalue weighted by atomic mass is 16.3. The number of aryl methyl sites for hydroxylation is 2. The zero-order valence-electron chi connectivity index (χ0n) is 13.9. The van der Waals surface area contributed by atoms with Crippen LogP contribution in [0.4, 0.5) is 5.69 Å². The van der Waals surface area contributed by atoms with Crippen LogP contribution in [0.25, 0.3) is 17.3 Å². The van der Waals surface area contributed by atoms with Crippen molar-refractivity contribution in [3.63, 3.8) is 0 Å². The fourth-order valence-corrected chi connectivity index (χ4v) is 2.93. The zero-order valence-corrected chi connectivity index (χ0v) is 13.9. The van der Waals surface area contributed by atoms with E-state index in [4.69, 9.17) is 0 Å². The number of hydrogen-bond acceptors (Lipinski definition) is 3. The number of allylic oxidation sites excluding steroid dienone is 1. The van der Waals surface area contributed by atoms with Gasteiger partial charge in [0.25, 0.3) is 5.56 Å². The second-order valence-corrected chi connectivity index (χ2v) is 6.16. The molecule has 5 nitrogen and oxygen atoms in total. The highest BCUT2D eigenvalue weighted by Crippen LogP contribution is 2.33. The molecule has 0 saturated carbocycles. The van der Waals surface area contributed by atoms with Crippen LogP contribution in [0.5, 0.6) is 5.88 Å². The van der Waals surface area contributed by atoms with Gasteiger partial charge >= 0.3 is 0 Å². The number of aromatic hydroxyl groups is 1. The molecule has 0 bridgehead atoms. The Balaban J connectivity index is 1.82. The molecule has 0 radical (unpaired) electrons. The lowest BCUT2D eigenvalue weighted by Crippen LogP contribution is -2.05. The predicted octanol–water partition coefficient (Wildman–Crippen LogP) is 3.74. The molecule has 1 aliphatic rings. The Morgan fingerprint density at radius 1 is 1.12 bits per heavy atom. The van der Waals surface area contributed by atoms with Gasteiger partial charge < -0.3 is 5.11 Å². The Bertz CT molecular complexity index is 1100. The summed E-state index contributed by atoms with van der Waals surface area (Å²) in [6.07, 6.45) is 3.37. The molecule has 4 rings (SSSR count). The lowest BCUT2D eigenvalue weighted by molar-refractivity contribution is 0.432. The van der Waals surface area contributed by atoms with Crippen LogP contribution in [-0.2, 0) is 0 Å². The smallest absolute Gasteiger partial charge is 0.275 e. The number of aliphatic imine (C=N–C) groups is 1. The maximum atomic E-state index is 12.4. The molecule has 3 aromatic rings. The molecule has 25 heavy (non-hydrogen) atoms. The number of nitrogens with one attached hydrogen (secondary N) is 1. The quantitative estimate of drug-likeness (QED) is 0.751. The molecule has 0 aliphatic carbocycles. The van der Waals surface area contributed by atoms with E-state index in [0.717, 1.165) is 28.0 Å². The van der Waals surface area contributed by atoms with Gasteiger partial charge in [0.2, 0.25) is 5.88 Å². The van der Waals surface area contributed by atoms with E-state index in [9.17, 15) is 9.90 Å². The summed E-state index contributed by atoms with van der Waals surface area (Å²) in [4.78, 5) is 16.7. The summed E-state index contributed by atoms with van der Waals surface area (Å²) >= 11 is 0. The minimum Gasteiger partial charge on any atom is -0.493 e. The standard InChI is InChI=1S/C20H17N3O2/c1-12-7-8-15(9-13(12)2)23-20(25)17(19(24)22-23)10-14-11-21-18-6-4-3-5-16(14)18/h3-11,25H,1-2H3,(H,22,24)/b14-10-. The third kappa shape index (κ3) is 2.50. The topological polar surface area (TPSA) is 70.4 Å². The van der Waals surface area contributed by atoms with Crippen LogP contribution in [0.3, 0.4) is 0 Å². The fraction of sp³-hybridized carbons (Fsp3) is 0.100. The van der Waals surface area contributed by atoms with Crippen LogP contribution in [0, 0.1) is 13.8 Å². The van der Waals surface area contributed by atoms with Crippen LogP contribution in [0.1, 0.15) is 22.3 Å². The number of benzene rings is 2. The minimum atomic E-state index is -0.346. The van der Waals surface area contributed by atoms with E-state index in [0.29, 0.717) is 5.69 Å². The molecular weight excluding hydrogens is 314 g/mol. The lowest BCUT2D eigenvalue weighted by atomic mass is 10.1. The fourth-order valence-electron chi connectivity index (χ4n) is 2.93. The minimum absolute atomic E-state index is 0.112. The molecule has 0 saturated heterocycles. The van der Waals surface area contributed by atoms with Crippen LogP contribution in [0.15, 0.2) is 52.3 Å². The van der Waals surface area contributed by atoms with Crippen molar-refractivity contribution in [2.24, 2.45) is 4.99 Å². The van der Waals surface area contributed by atoms with Crippen molar-refractivity contribution in [1.82, 2.24) is 9.78 Å². The molecule has 0 fully saturated rings. The van der Waals surface area contributed by atoms with Gasteiger partial charge in [-0.15, -0.1) is 0 Å². The van der Waals surface area contributed by atoms with Crippen LogP contribution < -0.4 is 5.56 Å². The third-order valence-electron chi connectivity index (χ3n) is 4.52. The van der Waals surface area contributed by atoms with E-state index >= 15 is 0 Å². The molecule has 0 unspecified atom stereocenters. The first-order valence-electron chi connectivity index (χ1n) is 8.01. The molecule has 5 heteroatoms. The van der Waals surface area contributed by atoms with Crippen molar-refractivity contribution >= 4 is 23.6 Å². The van der Waals surface area contributed by atoms with Gasteiger partial charge in [-0.25, -0.2) is 4.68 Å². The molecule has 0 amide bonds. The summed E-state index contributed by atoms with van der Waals surface area (Å²) < 4.78 is 1.40. The van der Waals surface area contributed by atoms with Crippen molar-refractivity contribution in [3.8, 4) is 11.6 Å². The summed E-state index contributed by atoms with van der Waals surface area (Å²) in [6, 6.07) is 13.4. The Morgan fingerprint density at radius 3 is 2.72 bits per heavy atom. The van der Waals surface area contributed by atoms with Gasteiger partial charge in [-0.05, 0) is 49.2 Å². The molecule has 2 heterocycles. The Morgan fingerprint density at radius 2 is 1.92 bits per heavy atom. The van der Waals surface area contributed by atoms with Gasteiger partial charge in [-0.2, -0.15) is 0 Å². The first-order chi connectivity index (χ1) is 12.0. The molecule has 124 valence electrons. The number of rotatable bonds is 2. The monoisotopic (exact) mass is 331 g/mol. The van der Waals surface area contributed by atoms with Crippen LogP contribution in [0.2, 0.25) is 0 Å². The Labute approximate surface area is 144 Å². The maximum Gasteiger partial charge on any atom is 0.275 e. The number of nitrogens with zero attached hydrogens (tertiary/aromatic N) is 2. The van der Waals surface area contributed by atoms with E-state index in [1.165, 1.54) is 4.68 Å². The normalized spacial score (nSPS) is 14.2. The zero-order chi connectivity index (χ0) is 17.6. The van der Waals surface area contributed by atoms with Crippen LogP contribution >= 0.6 is 0 Å². The molecule has 2 N–H and O–H groups in total. The first-order valence-corrected chi connectivity index (χ1v) is 8.01. The second kappa shape index (κ2) is 5.63. The van der Waals surface area contributed by atoms with Gasteiger partial charge in [-0.1, -0.05) is 24.3 Å². The number of fused-ring (bicyclic) bond motifs is 1. The van der Waals surface area contributed by atoms with Gasteiger partial charge in [0.15, 0.2) is 0 Å². The lowest BCUT2D eigenvalue weighted by Gasteiger charge is -2.07. The highest BCUT2D eigenvalue weighted by molar-refractivity contribution is 6.21. The van der Waals surface area contributed by atoms with E-state index in [1.54, 1.807) is 12.3 Å². The molecule has 1 aromatic heterocycles. The average Bonchev–Trinajstić information content (AvgIpc) is 3.14. The number of aromatic nitrogens is 2. The largest absolute Gasteiger partial charge is 0.493 e. The predicted molar refractivity (Wildman–Crippen MR) is 100.0 cm³/mol. The number of aromatic amines is 1. The van der Waals surface area contributed by atoms with Gasteiger partial charge in [-0.3, -0.25) is 14.9 Å². The number of hydrogen-bond donors (Lipinski definition) is 2. The first kappa shape index (κ1) is 15.2. The molecule has 1 aliphatic heterocycles. The van der Waals surface area contributed by atoms with Gasteiger partial charge in [0.1, 0.15) is 5.56 Å². The van der Waals surface area contributed by atoms with Gasteiger partial charge in [0.05, 0.1) is 11.4 Å². The van der Waals surface area contributed by atoms with Crippen molar-refractivity contribution in [2.75, 3.05) is 0 Å². The van der Waals surface area contributed by atoms with Crippen LogP contribution in [-0.4, -0.2) is 21.1 Å². The summed E-state index contributed by atoms with van der Waals surface area (Å²) in [5.74, 6) is -0.112. The van der Waals surface area contributed by atoms with E-state index < -0.39 is 0 Å². The van der Waals surface area contributed by atoms with E-state index in [1.807, 2.05) is 56.3 Å². The van der Waals surface area contributed by atoms with Gasteiger partial charge in [0, 0.05) is 17.4 Å². The molecule has 2 aromatic carbocycles. The highest BCUT2D eigenvalue weighted by Gasteiger charge is 2.17.